The Morgan fingerprint density at radius 3 is 2.69 bits per heavy atom. The highest BCUT2D eigenvalue weighted by atomic mass is 35.5. The summed E-state index contributed by atoms with van der Waals surface area (Å²) in [5.74, 6) is 0.220. The maximum absolute atomic E-state index is 12.9. The first kappa shape index (κ1) is 21.6. The molecule has 29 heavy (non-hydrogen) atoms. The van der Waals surface area contributed by atoms with Gasteiger partial charge in [-0.2, -0.15) is 4.99 Å². The molecule has 2 aromatic rings. The lowest BCUT2D eigenvalue weighted by Crippen LogP contribution is -2.30. The van der Waals surface area contributed by atoms with E-state index in [4.69, 9.17) is 16.3 Å². The van der Waals surface area contributed by atoms with E-state index in [-0.39, 0.29) is 11.3 Å². The molecule has 2 heterocycles. The summed E-state index contributed by atoms with van der Waals surface area (Å²) in [7, 11) is 1.51. The summed E-state index contributed by atoms with van der Waals surface area (Å²) in [6.45, 7) is 8.37. The summed E-state index contributed by atoms with van der Waals surface area (Å²) in [5, 5.41) is 0.450. The Kier molecular flexibility index (Phi) is 6.49. The topological polar surface area (TPSA) is 63.9 Å². The van der Waals surface area contributed by atoms with Gasteiger partial charge in [-0.25, -0.2) is 0 Å². The lowest BCUT2D eigenvalue weighted by atomic mass is 9.95. The lowest BCUT2D eigenvalue weighted by Gasteiger charge is -2.16. The van der Waals surface area contributed by atoms with Crippen LogP contribution in [0.5, 0.6) is 5.75 Å². The molecule has 0 aliphatic carbocycles. The molecule has 0 radical (unpaired) electrons. The Hall–Kier alpha value is -2.12. The van der Waals surface area contributed by atoms with Crippen molar-refractivity contribution in [1.29, 1.82) is 0 Å². The third-order valence-corrected chi connectivity index (χ3v) is 6.51. The van der Waals surface area contributed by atoms with Gasteiger partial charge >= 0.3 is 0 Å². The molecule has 8 heteroatoms. The molecule has 6 nitrogen and oxygen atoms in total. The second-order valence-electron chi connectivity index (χ2n) is 8.07. The van der Waals surface area contributed by atoms with Crippen molar-refractivity contribution in [3.05, 3.63) is 44.7 Å². The zero-order valence-corrected chi connectivity index (χ0v) is 18.8. The minimum absolute atomic E-state index is 0.0690. The first-order valence-electron chi connectivity index (χ1n) is 9.60. The van der Waals surface area contributed by atoms with E-state index in [0.717, 1.165) is 17.8 Å². The van der Waals surface area contributed by atoms with Crippen molar-refractivity contribution in [3.63, 3.8) is 0 Å². The average molecular weight is 436 g/mol. The molecule has 156 valence electrons. The maximum Gasteiger partial charge on any atom is 0.283 e. The summed E-state index contributed by atoms with van der Waals surface area (Å²) in [6.07, 6.45) is 3.56. The van der Waals surface area contributed by atoms with Crippen LogP contribution in [0.15, 0.2) is 29.4 Å². The fourth-order valence-corrected chi connectivity index (χ4v) is 4.38. The molecule has 1 saturated heterocycles. The highest BCUT2D eigenvalue weighted by Crippen LogP contribution is 2.26. The van der Waals surface area contributed by atoms with E-state index >= 15 is 0 Å². The quantitative estimate of drug-likeness (QED) is 0.716. The third kappa shape index (κ3) is 5.08. The Morgan fingerprint density at radius 2 is 2.07 bits per heavy atom. The van der Waals surface area contributed by atoms with Crippen LogP contribution >= 0.6 is 22.9 Å². The number of ether oxygens (including phenoxy) is 1. The number of hydrogen-bond acceptors (Lipinski definition) is 4. The minimum Gasteiger partial charge on any atom is -0.496 e. The highest BCUT2D eigenvalue weighted by Gasteiger charge is 2.22. The number of amides is 2. The molecule has 0 unspecified atom stereocenters. The van der Waals surface area contributed by atoms with E-state index in [0.29, 0.717) is 40.6 Å². The van der Waals surface area contributed by atoms with Gasteiger partial charge in [-0.05, 0) is 30.0 Å². The third-order valence-electron chi connectivity index (χ3n) is 4.83. The van der Waals surface area contributed by atoms with Crippen molar-refractivity contribution in [2.24, 2.45) is 4.99 Å². The number of benzene rings is 1. The maximum atomic E-state index is 12.9. The van der Waals surface area contributed by atoms with Crippen molar-refractivity contribution >= 4 is 34.8 Å². The van der Waals surface area contributed by atoms with Crippen molar-refractivity contribution in [2.45, 2.75) is 45.6 Å². The van der Waals surface area contributed by atoms with Crippen LogP contribution in [0.1, 0.15) is 48.8 Å². The predicted molar refractivity (Wildman–Crippen MR) is 115 cm³/mol. The van der Waals surface area contributed by atoms with Crippen LogP contribution in [0, 0.1) is 0 Å². The van der Waals surface area contributed by atoms with Crippen LogP contribution in [0.2, 0.25) is 5.02 Å². The largest absolute Gasteiger partial charge is 0.496 e. The molecule has 0 N–H and O–H groups in total. The number of nitrogens with zero attached hydrogens (tertiary/aromatic N) is 3. The van der Waals surface area contributed by atoms with Crippen molar-refractivity contribution in [2.75, 3.05) is 20.2 Å². The number of aromatic nitrogens is 1. The molecule has 1 aromatic heterocycles. The van der Waals surface area contributed by atoms with Crippen molar-refractivity contribution < 1.29 is 14.3 Å². The molecule has 2 amide bonds. The number of methoxy groups -OCH3 is 1. The molecule has 0 bridgehead atoms. The van der Waals surface area contributed by atoms with Crippen LogP contribution in [-0.2, 0) is 16.8 Å². The second kappa shape index (κ2) is 8.71. The van der Waals surface area contributed by atoms with Gasteiger partial charge < -0.3 is 14.2 Å². The first-order chi connectivity index (χ1) is 13.7. The molecule has 1 aliphatic heterocycles. The zero-order chi connectivity index (χ0) is 21.2. The summed E-state index contributed by atoms with van der Waals surface area (Å²) in [4.78, 5) is 32.8. The Bertz CT molecular complexity index is 988. The summed E-state index contributed by atoms with van der Waals surface area (Å²) >= 11 is 7.55. The molecular formula is C21H26ClN3O3S. The molecule has 0 saturated carbocycles. The van der Waals surface area contributed by atoms with E-state index in [1.54, 1.807) is 18.2 Å². The Morgan fingerprint density at radius 1 is 1.31 bits per heavy atom. The lowest BCUT2D eigenvalue weighted by molar-refractivity contribution is -0.127. The van der Waals surface area contributed by atoms with Gasteiger partial charge in [0.1, 0.15) is 5.75 Å². The molecule has 0 atom stereocenters. The number of carbonyl (C=O) groups excluding carboxylic acids is 2. The van der Waals surface area contributed by atoms with E-state index < -0.39 is 5.91 Å². The fraction of sp³-hybridized carbons (Fsp3) is 0.476. The molecular weight excluding hydrogens is 410 g/mol. The Labute approximate surface area is 179 Å². The second-order valence-corrected chi connectivity index (χ2v) is 9.51. The van der Waals surface area contributed by atoms with Crippen molar-refractivity contribution in [1.82, 2.24) is 9.47 Å². The van der Waals surface area contributed by atoms with Gasteiger partial charge in [-0.15, -0.1) is 11.3 Å². The molecule has 1 aliphatic rings. The monoisotopic (exact) mass is 435 g/mol. The summed E-state index contributed by atoms with van der Waals surface area (Å²) in [6, 6.07) is 4.90. The number of rotatable bonds is 5. The van der Waals surface area contributed by atoms with E-state index in [1.165, 1.54) is 18.4 Å². The number of thiazole rings is 1. The van der Waals surface area contributed by atoms with Crippen LogP contribution in [0.25, 0.3) is 0 Å². The van der Waals surface area contributed by atoms with Crippen LogP contribution < -0.4 is 9.54 Å². The molecule has 0 spiro atoms. The van der Waals surface area contributed by atoms with Gasteiger partial charge in [0.05, 0.1) is 12.7 Å². The minimum atomic E-state index is -0.405. The molecule has 1 fully saturated rings. The smallest absolute Gasteiger partial charge is 0.283 e. The van der Waals surface area contributed by atoms with E-state index in [2.05, 4.69) is 25.8 Å². The normalized spacial score (nSPS) is 15.3. The first-order valence-corrected chi connectivity index (χ1v) is 10.8. The zero-order valence-electron chi connectivity index (χ0n) is 17.2. The summed E-state index contributed by atoms with van der Waals surface area (Å²) < 4.78 is 7.25. The molecule has 1 aromatic carbocycles. The van der Waals surface area contributed by atoms with Gasteiger partial charge in [-0.3, -0.25) is 9.59 Å². The van der Waals surface area contributed by atoms with Crippen molar-refractivity contribution in [3.8, 4) is 5.75 Å². The number of halogens is 1. The van der Waals surface area contributed by atoms with Crippen LogP contribution in [0.4, 0.5) is 0 Å². The predicted octanol–water partition coefficient (Wildman–Crippen LogP) is 3.87. The Balaban J connectivity index is 1.96. The van der Waals surface area contributed by atoms with Gasteiger partial charge in [0.2, 0.25) is 5.91 Å². The van der Waals surface area contributed by atoms with Gasteiger partial charge in [0, 0.05) is 42.2 Å². The fourth-order valence-electron chi connectivity index (χ4n) is 3.14. The number of likely N-dealkylation sites (tertiary alicyclic amines) is 1. The van der Waals surface area contributed by atoms with Gasteiger partial charge in [0.15, 0.2) is 4.80 Å². The van der Waals surface area contributed by atoms with Gasteiger partial charge in [-0.1, -0.05) is 32.4 Å². The van der Waals surface area contributed by atoms with E-state index in [9.17, 15) is 9.59 Å². The van der Waals surface area contributed by atoms with Crippen LogP contribution in [0.3, 0.4) is 0 Å². The average Bonchev–Trinajstić information content (AvgIpc) is 3.25. The van der Waals surface area contributed by atoms with Crippen LogP contribution in [-0.4, -0.2) is 41.5 Å². The highest BCUT2D eigenvalue weighted by molar-refractivity contribution is 7.09. The molecule has 3 rings (SSSR count). The number of carbonyl (C=O) groups is 2. The van der Waals surface area contributed by atoms with E-state index in [1.807, 2.05) is 15.7 Å². The standard InChI is InChI=1S/C21H26ClN3O3S/c1-21(2,3)17-13-25(11-10-24-9-5-6-18(24)26)20(29-17)23-19(27)15-12-14(22)7-8-16(15)28-4/h7-8,12-13H,5-6,9-11H2,1-4H3/b23-20-. The van der Waals surface area contributed by atoms with Gasteiger partial charge in [0.25, 0.3) is 5.91 Å². The number of hydrogen-bond donors (Lipinski definition) is 0. The summed E-state index contributed by atoms with van der Waals surface area (Å²) in [5.41, 5.74) is 0.257. The SMILES string of the molecule is COc1ccc(Cl)cc1C(=O)/N=c1\sc(C(C)(C)C)cn1CCN1CCCC1=O.